The molecule has 1 amide bonds. The zero-order valence-corrected chi connectivity index (χ0v) is 13.0. The third kappa shape index (κ3) is 4.40. The predicted molar refractivity (Wildman–Crippen MR) is 86.5 cm³/mol. The lowest BCUT2D eigenvalue weighted by atomic mass is 10.1. The van der Waals surface area contributed by atoms with Crippen molar-refractivity contribution in [3.05, 3.63) is 53.3 Å². The maximum Gasteiger partial charge on any atom is 0.226 e. The number of carbonyl (C=O) groups is 1. The van der Waals surface area contributed by atoms with Gasteiger partial charge in [0, 0.05) is 38.1 Å². The van der Waals surface area contributed by atoms with E-state index in [2.05, 4.69) is 26.5 Å². The molecule has 0 bridgehead atoms. The topological polar surface area (TPSA) is 81.2 Å². The van der Waals surface area contributed by atoms with E-state index in [0.29, 0.717) is 13.0 Å². The van der Waals surface area contributed by atoms with Gasteiger partial charge < -0.3 is 10.4 Å². The quantitative estimate of drug-likeness (QED) is 0.738. The van der Waals surface area contributed by atoms with Crippen LogP contribution in [0.25, 0.3) is 0 Å². The van der Waals surface area contributed by atoms with Gasteiger partial charge in [0.25, 0.3) is 0 Å². The molecule has 0 saturated carbocycles. The number of aromatic nitrogens is 2. The summed E-state index contributed by atoms with van der Waals surface area (Å²) in [6, 6.07) is 9.92. The summed E-state index contributed by atoms with van der Waals surface area (Å²) in [4.78, 5) is 14.2. The minimum atomic E-state index is -0.212. The second-order valence-electron chi connectivity index (χ2n) is 5.98. The van der Waals surface area contributed by atoms with Crippen LogP contribution in [0.2, 0.25) is 0 Å². The van der Waals surface area contributed by atoms with Crippen molar-refractivity contribution in [3.63, 3.8) is 0 Å². The lowest BCUT2D eigenvalue weighted by Gasteiger charge is -2.18. The van der Waals surface area contributed by atoms with E-state index < -0.39 is 0 Å². The number of aliphatic hydroxyl groups is 1. The van der Waals surface area contributed by atoms with E-state index in [-0.39, 0.29) is 12.0 Å². The lowest BCUT2D eigenvalue weighted by Crippen LogP contribution is -2.26. The van der Waals surface area contributed by atoms with Crippen molar-refractivity contribution in [1.29, 1.82) is 0 Å². The summed E-state index contributed by atoms with van der Waals surface area (Å²) in [5.41, 5.74) is 3.12. The van der Waals surface area contributed by atoms with Crippen molar-refractivity contribution in [2.75, 3.05) is 13.1 Å². The summed E-state index contributed by atoms with van der Waals surface area (Å²) in [7, 11) is 0. The Bertz CT molecular complexity index is 642. The second-order valence-corrected chi connectivity index (χ2v) is 5.98. The fourth-order valence-electron chi connectivity index (χ4n) is 2.89. The minimum absolute atomic E-state index is 0.0272. The Balaban J connectivity index is 1.56. The van der Waals surface area contributed by atoms with Crippen molar-refractivity contribution >= 4 is 5.91 Å². The highest BCUT2D eigenvalue weighted by Gasteiger charge is 2.20. The zero-order chi connectivity index (χ0) is 16.1. The molecule has 0 aliphatic carbocycles. The molecule has 122 valence electrons. The zero-order valence-electron chi connectivity index (χ0n) is 13.0. The molecule has 0 spiro atoms. The molecule has 1 fully saturated rings. The van der Waals surface area contributed by atoms with Gasteiger partial charge in [0.05, 0.1) is 12.5 Å². The molecule has 1 aliphatic rings. The second kappa shape index (κ2) is 7.39. The molecule has 2 heterocycles. The molecule has 1 aliphatic heterocycles. The van der Waals surface area contributed by atoms with E-state index in [9.17, 15) is 9.90 Å². The number of aliphatic hydroxyl groups excluding tert-OH is 1. The first-order valence-electron chi connectivity index (χ1n) is 7.93. The van der Waals surface area contributed by atoms with E-state index in [1.807, 2.05) is 18.2 Å². The predicted octanol–water partition coefficient (Wildman–Crippen LogP) is 0.835. The standard InChI is InChI=1S/C17H22N4O2/c22-16-6-8-21(12-16)11-14-4-2-1-3-13(14)10-18-17(23)9-15-5-7-19-20-15/h1-5,7,16,22H,6,8-12H2,(H,18,23)(H,19,20). The van der Waals surface area contributed by atoms with Gasteiger partial charge >= 0.3 is 0 Å². The fraction of sp³-hybridized carbons (Fsp3) is 0.412. The summed E-state index contributed by atoms with van der Waals surface area (Å²) < 4.78 is 0. The molecular formula is C17H22N4O2. The van der Waals surface area contributed by atoms with Crippen molar-refractivity contribution in [2.45, 2.75) is 32.0 Å². The molecule has 0 radical (unpaired) electrons. The van der Waals surface area contributed by atoms with Crippen LogP contribution in [0.1, 0.15) is 23.2 Å². The van der Waals surface area contributed by atoms with Gasteiger partial charge in [0.2, 0.25) is 5.91 Å². The molecule has 6 nitrogen and oxygen atoms in total. The summed E-state index contributed by atoms with van der Waals surface area (Å²) >= 11 is 0. The van der Waals surface area contributed by atoms with Gasteiger partial charge in [-0.2, -0.15) is 5.10 Å². The van der Waals surface area contributed by atoms with E-state index in [1.165, 1.54) is 5.56 Å². The highest BCUT2D eigenvalue weighted by molar-refractivity contribution is 5.78. The summed E-state index contributed by atoms with van der Waals surface area (Å²) in [6.45, 7) is 2.96. The average Bonchev–Trinajstić information content (AvgIpc) is 3.18. The third-order valence-electron chi connectivity index (χ3n) is 4.15. The number of amides is 1. The monoisotopic (exact) mass is 314 g/mol. The van der Waals surface area contributed by atoms with Crippen LogP contribution in [0.4, 0.5) is 0 Å². The molecule has 1 unspecified atom stereocenters. The number of hydrogen-bond donors (Lipinski definition) is 3. The first kappa shape index (κ1) is 15.7. The number of aromatic amines is 1. The Kier molecular flexibility index (Phi) is 5.05. The Morgan fingerprint density at radius 2 is 2.17 bits per heavy atom. The maximum atomic E-state index is 12.0. The molecule has 1 aromatic heterocycles. The Labute approximate surface area is 135 Å². The van der Waals surface area contributed by atoms with Crippen molar-refractivity contribution in [2.24, 2.45) is 0 Å². The number of hydrogen-bond acceptors (Lipinski definition) is 4. The molecule has 6 heteroatoms. The fourth-order valence-corrected chi connectivity index (χ4v) is 2.89. The van der Waals surface area contributed by atoms with E-state index in [1.54, 1.807) is 12.3 Å². The van der Waals surface area contributed by atoms with Crippen molar-refractivity contribution < 1.29 is 9.90 Å². The number of benzene rings is 1. The molecule has 3 rings (SSSR count). The van der Waals surface area contributed by atoms with Gasteiger partial charge in [-0.05, 0) is 23.6 Å². The number of rotatable bonds is 6. The first-order valence-corrected chi connectivity index (χ1v) is 7.93. The number of β-amino-alcohol motifs (C(OH)–C–C–N with tert-alkyl or cyclic N) is 1. The highest BCUT2D eigenvalue weighted by Crippen LogP contribution is 2.16. The molecule has 2 aromatic rings. The number of nitrogens with one attached hydrogen (secondary N) is 2. The van der Waals surface area contributed by atoms with Gasteiger partial charge in [-0.25, -0.2) is 0 Å². The van der Waals surface area contributed by atoms with Gasteiger partial charge in [-0.3, -0.25) is 14.8 Å². The maximum absolute atomic E-state index is 12.0. The van der Waals surface area contributed by atoms with E-state index >= 15 is 0 Å². The average molecular weight is 314 g/mol. The summed E-state index contributed by atoms with van der Waals surface area (Å²) in [5.74, 6) is -0.0272. The number of likely N-dealkylation sites (tertiary alicyclic amines) is 1. The number of nitrogens with zero attached hydrogens (tertiary/aromatic N) is 2. The van der Waals surface area contributed by atoms with Crippen LogP contribution in [-0.4, -0.2) is 45.3 Å². The molecule has 3 N–H and O–H groups in total. The van der Waals surface area contributed by atoms with Crippen molar-refractivity contribution in [3.8, 4) is 0 Å². The van der Waals surface area contributed by atoms with Gasteiger partial charge in [-0.1, -0.05) is 24.3 Å². The van der Waals surface area contributed by atoms with Crippen LogP contribution in [0.15, 0.2) is 36.5 Å². The largest absolute Gasteiger partial charge is 0.392 e. The first-order chi connectivity index (χ1) is 11.2. The Morgan fingerprint density at radius 1 is 1.35 bits per heavy atom. The van der Waals surface area contributed by atoms with Crippen LogP contribution in [0.3, 0.4) is 0 Å². The third-order valence-corrected chi connectivity index (χ3v) is 4.15. The molecule has 1 atom stereocenters. The SMILES string of the molecule is O=C(Cc1ccn[nH]1)NCc1ccccc1CN1CCC(O)C1. The molecular weight excluding hydrogens is 292 g/mol. The lowest BCUT2D eigenvalue weighted by molar-refractivity contribution is -0.120. The van der Waals surface area contributed by atoms with E-state index in [0.717, 1.165) is 37.3 Å². The molecule has 1 aromatic carbocycles. The molecule has 1 saturated heterocycles. The van der Waals surface area contributed by atoms with Crippen molar-refractivity contribution in [1.82, 2.24) is 20.4 Å². The number of H-pyrrole nitrogens is 1. The summed E-state index contributed by atoms with van der Waals surface area (Å²) in [5, 5.41) is 19.2. The van der Waals surface area contributed by atoms with Crippen LogP contribution >= 0.6 is 0 Å². The van der Waals surface area contributed by atoms with Gasteiger partial charge in [-0.15, -0.1) is 0 Å². The van der Waals surface area contributed by atoms with Crippen LogP contribution in [-0.2, 0) is 24.3 Å². The van der Waals surface area contributed by atoms with Gasteiger partial charge in [0.15, 0.2) is 0 Å². The van der Waals surface area contributed by atoms with Gasteiger partial charge in [0.1, 0.15) is 0 Å². The Morgan fingerprint density at radius 3 is 2.87 bits per heavy atom. The summed E-state index contributed by atoms with van der Waals surface area (Å²) in [6.07, 6.45) is 2.57. The normalized spacial score (nSPS) is 18.2. The highest BCUT2D eigenvalue weighted by atomic mass is 16.3. The van der Waals surface area contributed by atoms with Crippen LogP contribution in [0.5, 0.6) is 0 Å². The minimum Gasteiger partial charge on any atom is -0.392 e. The smallest absolute Gasteiger partial charge is 0.226 e. The van der Waals surface area contributed by atoms with Crippen LogP contribution in [0, 0.1) is 0 Å². The number of carbonyl (C=O) groups excluding carboxylic acids is 1. The molecule has 23 heavy (non-hydrogen) atoms. The van der Waals surface area contributed by atoms with Crippen LogP contribution < -0.4 is 5.32 Å². The van der Waals surface area contributed by atoms with E-state index in [4.69, 9.17) is 0 Å². The Hall–Kier alpha value is -2.18.